The van der Waals surface area contributed by atoms with Crippen molar-refractivity contribution in [3.63, 3.8) is 0 Å². The van der Waals surface area contributed by atoms with Crippen molar-refractivity contribution in [3.8, 4) is 5.75 Å². The highest BCUT2D eigenvalue weighted by atomic mass is 19.1. The van der Waals surface area contributed by atoms with E-state index in [0.717, 1.165) is 24.2 Å². The number of nitrogens with zero attached hydrogens (tertiary/aromatic N) is 2. The molecule has 0 aliphatic heterocycles. The van der Waals surface area contributed by atoms with Gasteiger partial charge in [-0.3, -0.25) is 4.68 Å². The summed E-state index contributed by atoms with van der Waals surface area (Å²) in [6.07, 6.45) is 3.46. The van der Waals surface area contributed by atoms with Crippen LogP contribution in [0.25, 0.3) is 0 Å². The molecule has 1 aromatic carbocycles. The highest BCUT2D eigenvalue weighted by Crippen LogP contribution is 2.13. The summed E-state index contributed by atoms with van der Waals surface area (Å²) >= 11 is 0. The lowest BCUT2D eigenvalue weighted by Crippen LogP contribution is -2.31. The van der Waals surface area contributed by atoms with Gasteiger partial charge in [0.25, 0.3) is 0 Å². The van der Waals surface area contributed by atoms with Gasteiger partial charge in [0.15, 0.2) is 0 Å². The van der Waals surface area contributed by atoms with Crippen LogP contribution in [-0.4, -0.2) is 26.9 Å². The lowest BCUT2D eigenvalue weighted by molar-refractivity contribution is 0.305. The van der Waals surface area contributed by atoms with E-state index >= 15 is 0 Å². The molecule has 19 heavy (non-hydrogen) atoms. The molecule has 2 rings (SSSR count). The van der Waals surface area contributed by atoms with Crippen LogP contribution in [0.5, 0.6) is 5.75 Å². The Hall–Kier alpha value is -1.86. The number of aryl methyl sites for hydroxylation is 1. The van der Waals surface area contributed by atoms with Crippen molar-refractivity contribution in [1.82, 2.24) is 9.78 Å². The molecule has 0 fully saturated rings. The second-order valence-electron chi connectivity index (χ2n) is 4.05. The Kier molecular flexibility index (Phi) is 4.18. The van der Waals surface area contributed by atoms with Crippen LogP contribution < -0.4 is 10.2 Å². The van der Waals surface area contributed by atoms with Gasteiger partial charge in [-0.25, -0.2) is 4.39 Å². The summed E-state index contributed by atoms with van der Waals surface area (Å²) in [6, 6.07) is 3.56. The van der Waals surface area contributed by atoms with Gasteiger partial charge < -0.3 is 14.8 Å². The van der Waals surface area contributed by atoms with E-state index in [9.17, 15) is 14.4 Å². The van der Waals surface area contributed by atoms with Gasteiger partial charge in [0.05, 0.1) is 6.20 Å². The number of aromatic nitrogens is 2. The van der Waals surface area contributed by atoms with Crippen LogP contribution in [0.3, 0.4) is 0 Å². The van der Waals surface area contributed by atoms with Crippen molar-refractivity contribution in [3.05, 3.63) is 42.0 Å². The van der Waals surface area contributed by atoms with E-state index in [0.29, 0.717) is 0 Å². The SMILES string of the molecule is CCn1cc(COc2cc(F)ccc2B(O)O)cn1. The minimum Gasteiger partial charge on any atom is -0.489 e. The Bertz CT molecular complexity index is 560. The third kappa shape index (κ3) is 3.33. The van der Waals surface area contributed by atoms with E-state index in [1.807, 2.05) is 13.1 Å². The molecule has 0 spiro atoms. The average Bonchev–Trinajstić information content (AvgIpc) is 2.84. The fourth-order valence-corrected chi connectivity index (χ4v) is 1.66. The Morgan fingerprint density at radius 3 is 2.84 bits per heavy atom. The highest BCUT2D eigenvalue weighted by molar-refractivity contribution is 6.59. The number of hydrogen-bond acceptors (Lipinski definition) is 4. The Morgan fingerprint density at radius 2 is 2.21 bits per heavy atom. The van der Waals surface area contributed by atoms with Gasteiger partial charge in [-0.2, -0.15) is 5.10 Å². The van der Waals surface area contributed by atoms with E-state index in [2.05, 4.69) is 5.10 Å². The summed E-state index contributed by atoms with van der Waals surface area (Å²) in [5, 5.41) is 22.4. The van der Waals surface area contributed by atoms with Crippen LogP contribution >= 0.6 is 0 Å². The first kappa shape index (κ1) is 13.6. The van der Waals surface area contributed by atoms with Crippen molar-refractivity contribution in [2.45, 2.75) is 20.1 Å². The zero-order valence-electron chi connectivity index (χ0n) is 10.5. The molecule has 1 aromatic heterocycles. The molecule has 7 heteroatoms. The maximum absolute atomic E-state index is 13.1. The lowest BCUT2D eigenvalue weighted by Gasteiger charge is -2.10. The Morgan fingerprint density at radius 1 is 1.42 bits per heavy atom. The van der Waals surface area contributed by atoms with Gasteiger partial charge in [-0.05, 0) is 13.0 Å². The Balaban J connectivity index is 2.12. The van der Waals surface area contributed by atoms with E-state index in [1.165, 1.54) is 6.07 Å². The first-order valence-corrected chi connectivity index (χ1v) is 5.90. The average molecular weight is 264 g/mol. The zero-order chi connectivity index (χ0) is 13.8. The standard InChI is InChI=1S/C12H14BFN2O3/c1-2-16-7-9(6-15-16)8-19-12-5-10(14)3-4-11(12)13(17)18/h3-7,17-18H,2,8H2,1H3. The predicted octanol–water partition coefficient (Wildman–Crippen LogP) is 0.301. The third-order valence-electron chi connectivity index (χ3n) is 2.66. The smallest absolute Gasteiger partial charge is 0.489 e. The van der Waals surface area contributed by atoms with Crippen LogP contribution in [0.4, 0.5) is 4.39 Å². The third-order valence-corrected chi connectivity index (χ3v) is 2.66. The van der Waals surface area contributed by atoms with Crippen molar-refractivity contribution >= 4 is 12.6 Å². The number of halogens is 1. The first-order valence-electron chi connectivity index (χ1n) is 5.90. The van der Waals surface area contributed by atoms with Crippen molar-refractivity contribution in [1.29, 1.82) is 0 Å². The Labute approximate surface area is 110 Å². The topological polar surface area (TPSA) is 67.5 Å². The highest BCUT2D eigenvalue weighted by Gasteiger charge is 2.18. The second kappa shape index (κ2) is 5.86. The van der Waals surface area contributed by atoms with Gasteiger partial charge in [0.2, 0.25) is 0 Å². The summed E-state index contributed by atoms with van der Waals surface area (Å²) < 4.78 is 20.3. The molecule has 2 N–H and O–H groups in total. The van der Waals surface area contributed by atoms with Crippen molar-refractivity contribution in [2.24, 2.45) is 0 Å². The molecule has 1 heterocycles. The molecular weight excluding hydrogens is 250 g/mol. The monoisotopic (exact) mass is 264 g/mol. The van der Waals surface area contributed by atoms with Gasteiger partial charge in [0.1, 0.15) is 18.2 Å². The van der Waals surface area contributed by atoms with E-state index in [4.69, 9.17) is 4.74 Å². The van der Waals surface area contributed by atoms with Gasteiger partial charge in [0, 0.05) is 29.8 Å². The van der Waals surface area contributed by atoms with Crippen LogP contribution in [0.1, 0.15) is 12.5 Å². The van der Waals surface area contributed by atoms with Crippen LogP contribution in [-0.2, 0) is 13.2 Å². The predicted molar refractivity (Wildman–Crippen MR) is 68.5 cm³/mol. The maximum atomic E-state index is 13.1. The molecule has 0 radical (unpaired) electrons. The first-order chi connectivity index (χ1) is 9.10. The minimum absolute atomic E-state index is 0.110. The van der Waals surface area contributed by atoms with Crippen molar-refractivity contribution < 1.29 is 19.2 Å². The minimum atomic E-state index is -1.70. The molecule has 0 atom stereocenters. The van der Waals surface area contributed by atoms with E-state index < -0.39 is 12.9 Å². The number of ether oxygens (including phenoxy) is 1. The quantitative estimate of drug-likeness (QED) is 0.762. The summed E-state index contributed by atoms with van der Waals surface area (Å²) in [5.41, 5.74) is 0.953. The van der Waals surface area contributed by atoms with Crippen LogP contribution in [0.2, 0.25) is 0 Å². The van der Waals surface area contributed by atoms with Crippen LogP contribution in [0.15, 0.2) is 30.6 Å². The van der Waals surface area contributed by atoms with Gasteiger partial charge in [-0.15, -0.1) is 0 Å². The fraction of sp³-hybridized carbons (Fsp3) is 0.250. The van der Waals surface area contributed by atoms with E-state index in [1.54, 1.807) is 10.9 Å². The molecular formula is C12H14BFN2O3. The fourth-order valence-electron chi connectivity index (χ4n) is 1.66. The molecule has 0 aliphatic rings. The molecule has 0 saturated heterocycles. The number of rotatable bonds is 5. The number of hydrogen-bond donors (Lipinski definition) is 2. The molecule has 2 aromatic rings. The molecule has 0 bridgehead atoms. The van der Waals surface area contributed by atoms with Crippen LogP contribution in [0, 0.1) is 5.82 Å². The summed E-state index contributed by atoms with van der Waals surface area (Å²) in [5.74, 6) is -0.386. The lowest BCUT2D eigenvalue weighted by atomic mass is 9.79. The largest absolute Gasteiger partial charge is 0.492 e. The number of benzene rings is 1. The second-order valence-corrected chi connectivity index (χ2v) is 4.05. The molecule has 0 amide bonds. The molecule has 100 valence electrons. The maximum Gasteiger partial charge on any atom is 0.492 e. The summed E-state index contributed by atoms with van der Waals surface area (Å²) in [6.45, 7) is 2.90. The van der Waals surface area contributed by atoms with Crippen molar-refractivity contribution in [2.75, 3.05) is 0 Å². The normalized spacial score (nSPS) is 10.5. The summed E-state index contributed by atoms with van der Waals surface area (Å²) in [4.78, 5) is 0. The molecule has 0 saturated carbocycles. The molecule has 0 aliphatic carbocycles. The van der Waals surface area contributed by atoms with E-state index in [-0.39, 0.29) is 17.8 Å². The molecule has 0 unspecified atom stereocenters. The zero-order valence-corrected chi connectivity index (χ0v) is 10.5. The summed E-state index contributed by atoms with van der Waals surface area (Å²) in [7, 11) is -1.70. The van der Waals surface area contributed by atoms with Gasteiger partial charge in [-0.1, -0.05) is 6.07 Å². The molecule has 5 nitrogen and oxygen atoms in total. The van der Waals surface area contributed by atoms with Gasteiger partial charge >= 0.3 is 7.12 Å².